The van der Waals surface area contributed by atoms with E-state index in [9.17, 15) is 9.59 Å². The van der Waals surface area contributed by atoms with E-state index in [0.717, 1.165) is 11.3 Å². The molecule has 0 radical (unpaired) electrons. The molecule has 0 bridgehead atoms. The molecule has 4 rings (SSSR count). The van der Waals surface area contributed by atoms with E-state index in [4.69, 9.17) is 10.5 Å². The van der Waals surface area contributed by atoms with Gasteiger partial charge in [0.1, 0.15) is 22.7 Å². The Bertz CT molecular complexity index is 1330. The summed E-state index contributed by atoms with van der Waals surface area (Å²) in [6.07, 6.45) is 1.24. The molecule has 2 aromatic carbocycles. The van der Waals surface area contributed by atoms with Crippen LogP contribution in [0.4, 0.5) is 5.82 Å². The molecule has 0 aliphatic rings. The van der Waals surface area contributed by atoms with Crippen LogP contribution in [-0.2, 0) is 11.3 Å². The van der Waals surface area contributed by atoms with E-state index in [1.165, 1.54) is 11.0 Å². The Balaban J connectivity index is 0.00000158. The Morgan fingerprint density at radius 2 is 1.79 bits per heavy atom. The number of amides is 1. The largest absolute Gasteiger partial charge is 0.457 e. The molecule has 9 nitrogen and oxygen atoms in total. The second-order valence-electron chi connectivity index (χ2n) is 7.14. The molecule has 1 amide bonds. The number of benzene rings is 2. The van der Waals surface area contributed by atoms with Crippen molar-refractivity contribution in [3.05, 3.63) is 77.6 Å². The first-order valence-corrected chi connectivity index (χ1v) is 10.9. The van der Waals surface area contributed by atoms with Crippen molar-refractivity contribution in [1.82, 2.24) is 24.9 Å². The predicted octanol–water partition coefficient (Wildman–Crippen LogP) is 3.83. The molecule has 0 aliphatic heterocycles. The first kappa shape index (κ1) is 24.2. The van der Waals surface area contributed by atoms with Crippen molar-refractivity contribution in [2.24, 2.45) is 0 Å². The number of fused-ring (bicyclic) bond motifs is 1. The number of aromatic amines is 1. The summed E-state index contributed by atoms with van der Waals surface area (Å²) in [6.45, 7) is 8.13. The maximum atomic E-state index is 12.5. The van der Waals surface area contributed by atoms with Gasteiger partial charge in [0.15, 0.2) is 5.82 Å². The second kappa shape index (κ2) is 11.0. The molecule has 9 heteroatoms. The van der Waals surface area contributed by atoms with Crippen molar-refractivity contribution in [2.75, 3.05) is 19.3 Å². The Morgan fingerprint density at radius 1 is 1.15 bits per heavy atom. The fraction of sp³-hybridized carbons (Fsp3) is 0.200. The molecule has 4 aromatic rings. The van der Waals surface area contributed by atoms with Crippen LogP contribution in [0.5, 0.6) is 11.5 Å². The number of likely N-dealkylation sites (N-methyl/N-ethyl adjacent to an activating group) is 1. The zero-order chi connectivity index (χ0) is 24.7. The second-order valence-corrected chi connectivity index (χ2v) is 7.14. The number of hydrogen-bond acceptors (Lipinski definition) is 6. The van der Waals surface area contributed by atoms with E-state index >= 15 is 0 Å². The molecule has 3 N–H and O–H groups in total. The maximum Gasteiger partial charge on any atom is 0.290 e. The first-order valence-electron chi connectivity index (χ1n) is 10.9. The van der Waals surface area contributed by atoms with Crippen LogP contribution in [0.3, 0.4) is 0 Å². The van der Waals surface area contributed by atoms with Crippen molar-refractivity contribution in [3.63, 3.8) is 0 Å². The first-order chi connectivity index (χ1) is 16.5. The molecule has 2 heterocycles. The average Bonchev–Trinajstić information content (AvgIpc) is 3.27. The average molecular weight is 461 g/mol. The highest BCUT2D eigenvalue weighted by molar-refractivity contribution is 5.99. The van der Waals surface area contributed by atoms with Gasteiger partial charge in [0.2, 0.25) is 5.91 Å². The number of nitrogen functional groups attached to an aromatic ring is 1. The summed E-state index contributed by atoms with van der Waals surface area (Å²) in [5.41, 5.74) is 7.27. The van der Waals surface area contributed by atoms with Gasteiger partial charge in [0, 0.05) is 19.2 Å². The van der Waals surface area contributed by atoms with Crippen LogP contribution in [0.25, 0.3) is 22.2 Å². The van der Waals surface area contributed by atoms with E-state index in [1.807, 2.05) is 68.4 Å². The molecule has 34 heavy (non-hydrogen) atoms. The van der Waals surface area contributed by atoms with Gasteiger partial charge in [-0.1, -0.05) is 38.6 Å². The lowest BCUT2D eigenvalue weighted by atomic mass is 10.1. The number of rotatable bonds is 7. The SMILES string of the molecule is C=CC(=O)N(C)CCn1nc(-c2ccc(Oc3ccccc3)cc2)c2c(N)n[nH]c(=O)c21.CC. The molecule has 2 aromatic heterocycles. The Hall–Kier alpha value is -4.40. The molecule has 0 spiro atoms. The molecule has 0 atom stereocenters. The lowest BCUT2D eigenvalue weighted by Gasteiger charge is -2.14. The number of H-pyrrole nitrogens is 1. The topological polar surface area (TPSA) is 119 Å². The van der Waals surface area contributed by atoms with Crippen LogP contribution < -0.4 is 16.0 Å². The molecule has 176 valence electrons. The number of nitrogens with one attached hydrogen (secondary N) is 1. The van der Waals surface area contributed by atoms with Crippen LogP contribution in [-0.4, -0.2) is 44.4 Å². The maximum absolute atomic E-state index is 12.5. The third-order valence-corrected chi connectivity index (χ3v) is 5.01. The molecule has 0 aliphatic carbocycles. The van der Waals surface area contributed by atoms with Gasteiger partial charge in [-0.2, -0.15) is 10.2 Å². The van der Waals surface area contributed by atoms with Crippen LogP contribution in [0.15, 0.2) is 72.0 Å². The highest BCUT2D eigenvalue weighted by Gasteiger charge is 2.19. The summed E-state index contributed by atoms with van der Waals surface area (Å²) in [4.78, 5) is 25.8. The van der Waals surface area contributed by atoms with Gasteiger partial charge in [-0.25, -0.2) is 5.10 Å². The van der Waals surface area contributed by atoms with Crippen LogP contribution in [0.2, 0.25) is 0 Å². The van der Waals surface area contributed by atoms with E-state index in [1.54, 1.807) is 11.7 Å². The van der Waals surface area contributed by atoms with E-state index in [-0.39, 0.29) is 11.7 Å². The molecule has 0 saturated heterocycles. The lowest BCUT2D eigenvalue weighted by molar-refractivity contribution is -0.124. The fourth-order valence-corrected chi connectivity index (χ4v) is 3.34. The van der Waals surface area contributed by atoms with Gasteiger partial charge in [-0.05, 0) is 42.5 Å². The number of para-hydroxylation sites is 1. The standard InChI is InChI=1S/C23H22N6O3.C2H6/c1-3-18(30)28(2)13-14-29-21-19(22(24)25-26-23(21)31)20(27-29)15-9-11-17(12-10-15)32-16-7-5-4-6-8-16;1-2/h3-12H,1,13-14H2,2H3,(H2,24,25)(H,26,31);1-2H3. The zero-order valence-corrected chi connectivity index (χ0v) is 19.5. The number of ether oxygens (including phenoxy) is 1. The molecular formula is C25H28N6O3. The number of carbonyl (C=O) groups excluding carboxylic acids is 1. The number of anilines is 1. The summed E-state index contributed by atoms with van der Waals surface area (Å²) in [6, 6.07) is 16.8. The lowest BCUT2D eigenvalue weighted by Crippen LogP contribution is -2.29. The van der Waals surface area contributed by atoms with Gasteiger partial charge in [-0.15, -0.1) is 0 Å². The van der Waals surface area contributed by atoms with Gasteiger partial charge in [0.25, 0.3) is 5.56 Å². The van der Waals surface area contributed by atoms with Crippen molar-refractivity contribution < 1.29 is 9.53 Å². The van der Waals surface area contributed by atoms with Crippen molar-refractivity contribution >= 4 is 22.6 Å². The van der Waals surface area contributed by atoms with Crippen LogP contribution in [0, 0.1) is 0 Å². The number of hydrogen-bond donors (Lipinski definition) is 2. The van der Waals surface area contributed by atoms with Crippen molar-refractivity contribution in [2.45, 2.75) is 20.4 Å². The number of aromatic nitrogens is 4. The van der Waals surface area contributed by atoms with E-state index in [2.05, 4.69) is 21.9 Å². The van der Waals surface area contributed by atoms with Gasteiger partial charge >= 0.3 is 0 Å². The summed E-state index contributed by atoms with van der Waals surface area (Å²) in [7, 11) is 1.65. The van der Waals surface area contributed by atoms with E-state index < -0.39 is 5.56 Å². The smallest absolute Gasteiger partial charge is 0.290 e. The summed E-state index contributed by atoms with van der Waals surface area (Å²) >= 11 is 0. The summed E-state index contributed by atoms with van der Waals surface area (Å²) < 4.78 is 7.38. The third-order valence-electron chi connectivity index (χ3n) is 5.01. The Labute approximate surface area is 197 Å². The monoisotopic (exact) mass is 460 g/mol. The van der Waals surface area contributed by atoms with Gasteiger partial charge < -0.3 is 15.4 Å². The van der Waals surface area contributed by atoms with Gasteiger partial charge in [-0.3, -0.25) is 14.3 Å². The van der Waals surface area contributed by atoms with Crippen LogP contribution >= 0.6 is 0 Å². The minimum Gasteiger partial charge on any atom is -0.457 e. The van der Waals surface area contributed by atoms with E-state index in [0.29, 0.717) is 35.4 Å². The van der Waals surface area contributed by atoms with Crippen molar-refractivity contribution in [3.8, 4) is 22.8 Å². The number of carbonyl (C=O) groups is 1. The Morgan fingerprint density at radius 3 is 2.44 bits per heavy atom. The van der Waals surface area contributed by atoms with Crippen molar-refractivity contribution in [1.29, 1.82) is 0 Å². The summed E-state index contributed by atoms with van der Waals surface area (Å²) in [5.74, 6) is 1.34. The van der Waals surface area contributed by atoms with Crippen LogP contribution in [0.1, 0.15) is 13.8 Å². The third kappa shape index (κ3) is 5.15. The van der Waals surface area contributed by atoms with Gasteiger partial charge in [0.05, 0.1) is 11.9 Å². The minimum absolute atomic E-state index is 0.168. The molecule has 0 saturated carbocycles. The quantitative estimate of drug-likeness (QED) is 0.405. The highest BCUT2D eigenvalue weighted by Crippen LogP contribution is 2.31. The normalized spacial score (nSPS) is 10.3. The zero-order valence-electron chi connectivity index (χ0n) is 19.5. The Kier molecular flexibility index (Phi) is 7.81. The highest BCUT2D eigenvalue weighted by atomic mass is 16.5. The minimum atomic E-state index is -0.408. The number of nitrogens with two attached hydrogens (primary N) is 1. The molecule has 0 unspecified atom stereocenters. The summed E-state index contributed by atoms with van der Waals surface area (Å²) in [5, 5.41) is 11.4. The number of nitrogens with zero attached hydrogens (tertiary/aromatic N) is 4. The predicted molar refractivity (Wildman–Crippen MR) is 134 cm³/mol. The molecule has 0 fully saturated rings. The molecular weight excluding hydrogens is 432 g/mol. The fourth-order valence-electron chi connectivity index (χ4n) is 3.34.